The number of likely N-dealkylation sites (tertiary alicyclic amines) is 1. The van der Waals surface area contributed by atoms with Crippen molar-refractivity contribution in [1.29, 1.82) is 0 Å². The zero-order chi connectivity index (χ0) is 22.1. The lowest BCUT2D eigenvalue weighted by atomic mass is 9.95. The first-order valence-corrected chi connectivity index (χ1v) is 12.5. The molecule has 0 unspecified atom stereocenters. The van der Waals surface area contributed by atoms with E-state index >= 15 is 0 Å². The van der Waals surface area contributed by atoms with Crippen LogP contribution in [0, 0.1) is 19.8 Å². The van der Waals surface area contributed by atoms with Gasteiger partial charge >= 0.3 is 0 Å². The number of amides is 1. The molecule has 2 aliphatic rings. The molecule has 1 amide bonds. The number of piperidine rings is 1. The summed E-state index contributed by atoms with van der Waals surface area (Å²) in [6, 6.07) is 9.73. The van der Waals surface area contributed by atoms with E-state index in [0.29, 0.717) is 0 Å². The maximum Gasteiger partial charge on any atom is 0.227 e. The Morgan fingerprint density at radius 3 is 2.50 bits per heavy atom. The van der Waals surface area contributed by atoms with Crippen molar-refractivity contribution in [3.63, 3.8) is 0 Å². The minimum atomic E-state index is 0.0400. The first kappa shape index (κ1) is 21.3. The van der Waals surface area contributed by atoms with Crippen molar-refractivity contribution in [3.05, 3.63) is 46.6 Å². The number of nitrogens with one attached hydrogen (secondary N) is 1. The standard InChI is InChI=1S/C25H31N5OS/c1-17-18(2)32-25-22(17)23(27-21(28-25)16-29-12-6-7-13-29)30-14-10-19(11-15-30)24(31)26-20-8-4-3-5-9-20/h3-5,8-9,19H,6-7,10-16H2,1-2H3,(H,26,31). The summed E-state index contributed by atoms with van der Waals surface area (Å²) in [5.41, 5.74) is 2.16. The van der Waals surface area contributed by atoms with Crippen LogP contribution in [0.25, 0.3) is 10.2 Å². The van der Waals surface area contributed by atoms with Crippen molar-refractivity contribution in [2.24, 2.45) is 5.92 Å². The Bertz CT molecular complexity index is 1100. The maximum absolute atomic E-state index is 12.8. The SMILES string of the molecule is Cc1sc2nc(CN3CCCC3)nc(N3CCC(C(=O)Nc4ccccc4)CC3)c2c1C. The predicted octanol–water partition coefficient (Wildman–Crippen LogP) is 4.76. The van der Waals surface area contributed by atoms with Crippen LogP contribution in [0.3, 0.4) is 0 Å². The van der Waals surface area contributed by atoms with Crippen LogP contribution in [0.2, 0.25) is 0 Å². The van der Waals surface area contributed by atoms with Gasteiger partial charge in [-0.2, -0.15) is 0 Å². The molecule has 2 aliphatic heterocycles. The van der Waals surface area contributed by atoms with E-state index in [1.165, 1.54) is 28.7 Å². The first-order chi connectivity index (χ1) is 15.6. The molecule has 2 saturated heterocycles. The number of thiophene rings is 1. The molecule has 1 N–H and O–H groups in total. The van der Waals surface area contributed by atoms with Gasteiger partial charge in [0.1, 0.15) is 16.5 Å². The zero-order valence-corrected chi connectivity index (χ0v) is 19.7. The third kappa shape index (κ3) is 4.36. The van der Waals surface area contributed by atoms with Crippen molar-refractivity contribution in [2.75, 3.05) is 36.4 Å². The topological polar surface area (TPSA) is 61.4 Å². The van der Waals surface area contributed by atoms with Crippen LogP contribution < -0.4 is 10.2 Å². The Morgan fingerprint density at radius 1 is 1.06 bits per heavy atom. The number of para-hydroxylation sites is 1. The molecule has 0 saturated carbocycles. The van der Waals surface area contributed by atoms with Crippen LogP contribution in [-0.4, -0.2) is 47.0 Å². The molecule has 0 atom stereocenters. The first-order valence-electron chi connectivity index (χ1n) is 11.7. The van der Waals surface area contributed by atoms with Gasteiger partial charge in [-0.1, -0.05) is 18.2 Å². The number of nitrogens with zero attached hydrogens (tertiary/aromatic N) is 4. The smallest absolute Gasteiger partial charge is 0.227 e. The molecule has 2 aromatic heterocycles. The van der Waals surface area contributed by atoms with Crippen LogP contribution >= 0.6 is 11.3 Å². The van der Waals surface area contributed by atoms with E-state index < -0.39 is 0 Å². The maximum atomic E-state index is 12.8. The molecule has 168 valence electrons. The van der Waals surface area contributed by atoms with E-state index in [0.717, 1.165) is 67.7 Å². The Kier molecular flexibility index (Phi) is 6.11. The van der Waals surface area contributed by atoms with Gasteiger partial charge in [-0.05, 0) is 70.3 Å². The van der Waals surface area contributed by atoms with E-state index in [9.17, 15) is 4.79 Å². The Balaban J connectivity index is 1.34. The molecule has 3 aromatic rings. The summed E-state index contributed by atoms with van der Waals surface area (Å²) < 4.78 is 0. The van der Waals surface area contributed by atoms with Gasteiger partial charge in [0, 0.05) is 29.6 Å². The predicted molar refractivity (Wildman–Crippen MR) is 131 cm³/mol. The van der Waals surface area contributed by atoms with Crippen LogP contribution in [0.4, 0.5) is 11.5 Å². The van der Waals surface area contributed by atoms with Gasteiger partial charge in [-0.3, -0.25) is 9.69 Å². The summed E-state index contributed by atoms with van der Waals surface area (Å²) in [5.74, 6) is 2.16. The van der Waals surface area contributed by atoms with Crippen molar-refractivity contribution in [2.45, 2.75) is 46.1 Å². The van der Waals surface area contributed by atoms with Crippen LogP contribution in [0.5, 0.6) is 0 Å². The highest BCUT2D eigenvalue weighted by molar-refractivity contribution is 7.18. The highest BCUT2D eigenvalue weighted by Gasteiger charge is 2.28. The molecule has 4 heterocycles. The molecule has 0 spiro atoms. The Hall–Kier alpha value is -2.51. The molecular weight excluding hydrogens is 418 g/mol. The summed E-state index contributed by atoms with van der Waals surface area (Å²) >= 11 is 1.78. The van der Waals surface area contributed by atoms with Crippen molar-refractivity contribution in [1.82, 2.24) is 14.9 Å². The Morgan fingerprint density at radius 2 is 1.78 bits per heavy atom. The lowest BCUT2D eigenvalue weighted by Gasteiger charge is -2.33. The quantitative estimate of drug-likeness (QED) is 0.609. The molecule has 0 bridgehead atoms. The number of fused-ring (bicyclic) bond motifs is 1. The largest absolute Gasteiger partial charge is 0.356 e. The highest BCUT2D eigenvalue weighted by atomic mass is 32.1. The monoisotopic (exact) mass is 449 g/mol. The second-order valence-electron chi connectivity index (χ2n) is 9.03. The van der Waals surface area contributed by atoms with Gasteiger partial charge in [0.15, 0.2) is 0 Å². The average Bonchev–Trinajstić information content (AvgIpc) is 3.42. The molecule has 7 heteroatoms. The third-order valence-electron chi connectivity index (χ3n) is 6.83. The fourth-order valence-corrected chi connectivity index (χ4v) is 5.87. The van der Waals surface area contributed by atoms with Gasteiger partial charge in [-0.15, -0.1) is 11.3 Å². The number of rotatable bonds is 5. The summed E-state index contributed by atoms with van der Waals surface area (Å²) in [4.78, 5) is 30.0. The molecule has 32 heavy (non-hydrogen) atoms. The van der Waals surface area contributed by atoms with Crippen molar-refractivity contribution < 1.29 is 4.79 Å². The second-order valence-corrected chi connectivity index (χ2v) is 10.2. The lowest BCUT2D eigenvalue weighted by Crippen LogP contribution is -2.39. The van der Waals surface area contributed by atoms with E-state index in [1.807, 2.05) is 30.3 Å². The molecular formula is C25H31N5OS. The number of aryl methyl sites for hydroxylation is 2. The van der Waals surface area contributed by atoms with E-state index in [2.05, 4.69) is 29.0 Å². The summed E-state index contributed by atoms with van der Waals surface area (Å²) in [7, 11) is 0. The number of carbonyl (C=O) groups is 1. The molecule has 6 nitrogen and oxygen atoms in total. The number of aromatic nitrogens is 2. The molecule has 0 aliphatic carbocycles. The Labute approximate surface area is 193 Å². The van der Waals surface area contributed by atoms with Gasteiger partial charge in [0.05, 0.1) is 11.9 Å². The zero-order valence-electron chi connectivity index (χ0n) is 18.9. The molecule has 5 rings (SSSR count). The fraction of sp³-hybridized carbons (Fsp3) is 0.480. The van der Waals surface area contributed by atoms with Crippen LogP contribution in [0.1, 0.15) is 41.9 Å². The van der Waals surface area contributed by atoms with Gasteiger partial charge < -0.3 is 10.2 Å². The number of anilines is 2. The van der Waals surface area contributed by atoms with E-state index in [4.69, 9.17) is 9.97 Å². The lowest BCUT2D eigenvalue weighted by molar-refractivity contribution is -0.120. The van der Waals surface area contributed by atoms with Crippen molar-refractivity contribution in [3.8, 4) is 0 Å². The molecule has 2 fully saturated rings. The summed E-state index contributed by atoms with van der Waals surface area (Å²) in [5, 5.41) is 4.27. The average molecular weight is 450 g/mol. The highest BCUT2D eigenvalue weighted by Crippen LogP contribution is 2.36. The van der Waals surface area contributed by atoms with Crippen LogP contribution in [-0.2, 0) is 11.3 Å². The number of benzene rings is 1. The van der Waals surface area contributed by atoms with Crippen LogP contribution in [0.15, 0.2) is 30.3 Å². The van der Waals surface area contributed by atoms with Crippen molar-refractivity contribution >= 4 is 39.0 Å². The number of carbonyl (C=O) groups excluding carboxylic acids is 1. The summed E-state index contributed by atoms with van der Waals surface area (Å²) in [6.45, 7) is 9.15. The normalized spacial score (nSPS) is 17.9. The molecule has 1 aromatic carbocycles. The van der Waals surface area contributed by atoms with Gasteiger partial charge in [-0.25, -0.2) is 9.97 Å². The fourth-order valence-electron chi connectivity index (χ4n) is 4.83. The minimum Gasteiger partial charge on any atom is -0.356 e. The number of hydrogen-bond donors (Lipinski definition) is 1. The third-order valence-corrected chi connectivity index (χ3v) is 7.93. The minimum absolute atomic E-state index is 0.0400. The molecule has 0 radical (unpaired) electrons. The van der Waals surface area contributed by atoms with E-state index in [1.54, 1.807) is 11.3 Å². The number of hydrogen-bond acceptors (Lipinski definition) is 6. The van der Waals surface area contributed by atoms with E-state index in [-0.39, 0.29) is 11.8 Å². The van der Waals surface area contributed by atoms with Gasteiger partial charge in [0.2, 0.25) is 5.91 Å². The van der Waals surface area contributed by atoms with Gasteiger partial charge in [0.25, 0.3) is 0 Å². The summed E-state index contributed by atoms with van der Waals surface area (Å²) in [6.07, 6.45) is 4.22. The second kappa shape index (κ2) is 9.16.